The maximum Gasteiger partial charge on any atom is 0.281 e. The molecule has 0 aliphatic heterocycles. The zero-order valence-electron chi connectivity index (χ0n) is 13.8. The third-order valence-corrected chi connectivity index (χ3v) is 4.66. The van der Waals surface area contributed by atoms with Crippen molar-refractivity contribution in [2.24, 2.45) is 0 Å². The lowest BCUT2D eigenvalue weighted by Gasteiger charge is -2.06. The number of carbonyl (C=O) groups excluding carboxylic acids is 2. The minimum atomic E-state index is -0.449. The Labute approximate surface area is 153 Å². The Kier molecular flexibility index (Phi) is 5.33. The Hall–Kier alpha value is -3.13. The average molecular weight is 370 g/mol. The molecule has 6 nitrogen and oxygen atoms in total. The van der Waals surface area contributed by atoms with Crippen molar-refractivity contribution < 1.29 is 14.0 Å². The second kappa shape index (κ2) is 7.83. The van der Waals surface area contributed by atoms with Crippen molar-refractivity contribution in [1.82, 2.24) is 20.8 Å². The zero-order valence-corrected chi connectivity index (χ0v) is 14.6. The number of hydrogen-bond donors (Lipinski definition) is 2. The van der Waals surface area contributed by atoms with Crippen LogP contribution in [0.3, 0.4) is 0 Å². The van der Waals surface area contributed by atoms with Crippen LogP contribution in [0, 0.1) is 12.7 Å². The predicted octanol–water partition coefficient (Wildman–Crippen LogP) is 2.66. The Bertz CT molecular complexity index is 926. The molecule has 26 heavy (non-hydrogen) atoms. The molecule has 0 unspecified atom stereocenters. The van der Waals surface area contributed by atoms with Crippen LogP contribution in [0.5, 0.6) is 0 Å². The van der Waals surface area contributed by atoms with Gasteiger partial charge in [-0.2, -0.15) is 0 Å². The maximum atomic E-state index is 12.9. The topological polar surface area (TPSA) is 84.0 Å². The number of halogens is 1. The maximum absolute atomic E-state index is 12.9. The highest BCUT2D eigenvalue weighted by Gasteiger charge is 2.17. The molecular weight excluding hydrogens is 355 g/mol. The number of carbonyl (C=O) groups is 2. The molecule has 8 heteroatoms. The summed E-state index contributed by atoms with van der Waals surface area (Å²) in [7, 11) is 0. The summed E-state index contributed by atoms with van der Waals surface area (Å²) in [5, 5.41) is 0.630. The SMILES string of the molecule is Cc1nc(-c2ccccn2)sc1C(=O)NNC(=O)Cc1ccc(F)cc1. The third-order valence-electron chi connectivity index (χ3n) is 3.48. The van der Waals surface area contributed by atoms with Gasteiger partial charge in [0, 0.05) is 6.20 Å². The second-order valence-electron chi connectivity index (χ2n) is 5.45. The molecule has 3 aromatic rings. The van der Waals surface area contributed by atoms with E-state index in [4.69, 9.17) is 0 Å². The molecule has 0 aliphatic carbocycles. The van der Waals surface area contributed by atoms with Crippen LogP contribution in [-0.2, 0) is 11.2 Å². The molecule has 3 rings (SSSR count). The van der Waals surface area contributed by atoms with Gasteiger partial charge >= 0.3 is 0 Å². The Morgan fingerprint density at radius 3 is 2.58 bits per heavy atom. The van der Waals surface area contributed by atoms with Crippen molar-refractivity contribution in [2.45, 2.75) is 13.3 Å². The molecule has 0 saturated carbocycles. The van der Waals surface area contributed by atoms with Crippen LogP contribution in [0.2, 0.25) is 0 Å². The number of nitrogens with zero attached hydrogens (tertiary/aromatic N) is 2. The van der Waals surface area contributed by atoms with Crippen LogP contribution in [0.1, 0.15) is 20.9 Å². The van der Waals surface area contributed by atoms with Crippen molar-refractivity contribution in [3.05, 3.63) is 70.6 Å². The molecule has 132 valence electrons. The summed E-state index contributed by atoms with van der Waals surface area (Å²) in [6.45, 7) is 1.72. The minimum Gasteiger partial charge on any atom is -0.273 e. The molecule has 0 radical (unpaired) electrons. The van der Waals surface area contributed by atoms with Gasteiger partial charge in [-0.3, -0.25) is 25.4 Å². The number of benzene rings is 1. The lowest BCUT2D eigenvalue weighted by atomic mass is 10.1. The van der Waals surface area contributed by atoms with Crippen LogP contribution in [0.4, 0.5) is 4.39 Å². The molecule has 2 aromatic heterocycles. The van der Waals surface area contributed by atoms with E-state index in [0.717, 1.165) is 0 Å². The van der Waals surface area contributed by atoms with Crippen LogP contribution >= 0.6 is 11.3 Å². The van der Waals surface area contributed by atoms with Crippen molar-refractivity contribution in [3.8, 4) is 10.7 Å². The summed E-state index contributed by atoms with van der Waals surface area (Å²) in [5.41, 5.74) is 6.60. The number of rotatable bonds is 4. The van der Waals surface area contributed by atoms with E-state index in [2.05, 4.69) is 20.8 Å². The molecule has 0 fully saturated rings. The Balaban J connectivity index is 1.60. The van der Waals surface area contributed by atoms with Crippen LogP contribution in [0.15, 0.2) is 48.7 Å². The van der Waals surface area contributed by atoms with Gasteiger partial charge in [0.25, 0.3) is 5.91 Å². The van der Waals surface area contributed by atoms with Gasteiger partial charge in [0.1, 0.15) is 15.7 Å². The first-order chi connectivity index (χ1) is 12.5. The van der Waals surface area contributed by atoms with E-state index in [1.54, 1.807) is 19.2 Å². The largest absolute Gasteiger partial charge is 0.281 e. The number of amides is 2. The van der Waals surface area contributed by atoms with E-state index in [1.807, 2.05) is 12.1 Å². The Morgan fingerprint density at radius 1 is 1.12 bits per heavy atom. The van der Waals surface area contributed by atoms with E-state index < -0.39 is 11.8 Å². The van der Waals surface area contributed by atoms with E-state index in [-0.39, 0.29) is 12.2 Å². The molecule has 2 amide bonds. The van der Waals surface area contributed by atoms with Crippen LogP contribution < -0.4 is 10.9 Å². The molecule has 0 aliphatic rings. The molecular formula is C18H15FN4O2S. The van der Waals surface area contributed by atoms with Gasteiger partial charge in [-0.1, -0.05) is 18.2 Å². The monoisotopic (exact) mass is 370 g/mol. The van der Waals surface area contributed by atoms with E-state index in [0.29, 0.717) is 26.8 Å². The highest BCUT2D eigenvalue weighted by Crippen LogP contribution is 2.26. The van der Waals surface area contributed by atoms with Gasteiger partial charge in [-0.15, -0.1) is 11.3 Å². The summed E-state index contributed by atoms with van der Waals surface area (Å²) in [6, 6.07) is 11.0. The number of hydrogen-bond acceptors (Lipinski definition) is 5. The van der Waals surface area contributed by atoms with Gasteiger partial charge in [0.15, 0.2) is 0 Å². The van der Waals surface area contributed by atoms with Crippen molar-refractivity contribution in [1.29, 1.82) is 0 Å². The standard InChI is InChI=1S/C18H15FN4O2S/c1-11-16(26-18(21-11)14-4-2-3-9-20-14)17(25)23-22-15(24)10-12-5-7-13(19)8-6-12/h2-9H,10H2,1H3,(H,22,24)(H,23,25). The summed E-state index contributed by atoms with van der Waals surface area (Å²) >= 11 is 1.20. The fraction of sp³-hybridized carbons (Fsp3) is 0.111. The summed E-state index contributed by atoms with van der Waals surface area (Å²) in [5.74, 6) is -1.22. The second-order valence-corrected chi connectivity index (χ2v) is 6.45. The number of hydrazine groups is 1. The highest BCUT2D eigenvalue weighted by molar-refractivity contribution is 7.17. The molecule has 1 aromatic carbocycles. The summed E-state index contributed by atoms with van der Waals surface area (Å²) in [4.78, 5) is 33.1. The first kappa shape index (κ1) is 17.7. The van der Waals surface area contributed by atoms with Gasteiger partial charge in [0.05, 0.1) is 17.8 Å². The molecule has 2 heterocycles. The van der Waals surface area contributed by atoms with Crippen LogP contribution in [0.25, 0.3) is 10.7 Å². The number of aryl methyl sites for hydroxylation is 1. The lowest BCUT2D eigenvalue weighted by Crippen LogP contribution is -2.42. The predicted molar refractivity (Wildman–Crippen MR) is 95.8 cm³/mol. The number of aromatic nitrogens is 2. The molecule has 0 bridgehead atoms. The normalized spacial score (nSPS) is 10.4. The van der Waals surface area contributed by atoms with Gasteiger partial charge in [0.2, 0.25) is 5.91 Å². The zero-order chi connectivity index (χ0) is 18.5. The van der Waals surface area contributed by atoms with Gasteiger partial charge in [-0.05, 0) is 36.8 Å². The van der Waals surface area contributed by atoms with E-state index in [1.165, 1.54) is 35.6 Å². The van der Waals surface area contributed by atoms with Gasteiger partial charge in [-0.25, -0.2) is 9.37 Å². The molecule has 2 N–H and O–H groups in total. The number of thiazole rings is 1. The fourth-order valence-corrected chi connectivity index (χ4v) is 3.16. The van der Waals surface area contributed by atoms with Crippen molar-refractivity contribution >= 4 is 23.2 Å². The first-order valence-corrected chi connectivity index (χ1v) is 8.57. The van der Waals surface area contributed by atoms with Gasteiger partial charge < -0.3 is 0 Å². The van der Waals surface area contributed by atoms with Crippen molar-refractivity contribution in [2.75, 3.05) is 0 Å². The smallest absolute Gasteiger partial charge is 0.273 e. The summed E-state index contributed by atoms with van der Waals surface area (Å²) in [6.07, 6.45) is 1.68. The lowest BCUT2D eigenvalue weighted by molar-refractivity contribution is -0.121. The van der Waals surface area contributed by atoms with E-state index >= 15 is 0 Å². The fourth-order valence-electron chi connectivity index (χ4n) is 2.22. The Morgan fingerprint density at radius 2 is 1.88 bits per heavy atom. The van der Waals surface area contributed by atoms with E-state index in [9.17, 15) is 14.0 Å². The quantitative estimate of drug-likeness (QED) is 0.692. The first-order valence-electron chi connectivity index (χ1n) is 7.75. The number of nitrogens with one attached hydrogen (secondary N) is 2. The van der Waals surface area contributed by atoms with Crippen LogP contribution in [-0.4, -0.2) is 21.8 Å². The number of pyridine rings is 1. The highest BCUT2D eigenvalue weighted by atomic mass is 32.1. The summed E-state index contributed by atoms with van der Waals surface area (Å²) < 4.78 is 12.9. The molecule has 0 spiro atoms. The molecule has 0 saturated heterocycles. The molecule has 0 atom stereocenters. The average Bonchev–Trinajstić information content (AvgIpc) is 3.04. The third kappa shape index (κ3) is 4.28. The van der Waals surface area contributed by atoms with Crippen molar-refractivity contribution in [3.63, 3.8) is 0 Å². The minimum absolute atomic E-state index is 0.0292.